The summed E-state index contributed by atoms with van der Waals surface area (Å²) in [6, 6.07) is 0.262. The highest BCUT2D eigenvalue weighted by Crippen LogP contribution is 2.16. The summed E-state index contributed by atoms with van der Waals surface area (Å²) >= 11 is 1.73. The van der Waals surface area contributed by atoms with Gasteiger partial charge in [-0.3, -0.25) is 9.67 Å². The Hall–Kier alpha value is -1.89. The van der Waals surface area contributed by atoms with E-state index in [0.717, 1.165) is 28.8 Å². The molecular weight excluding hydrogens is 320 g/mol. The Kier molecular flexibility index (Phi) is 5.99. The highest BCUT2D eigenvalue weighted by Gasteiger charge is 2.14. The number of nitrogens with one attached hydrogen (secondary N) is 2. The fourth-order valence-electron chi connectivity index (χ4n) is 2.67. The Labute approximate surface area is 148 Å². The predicted molar refractivity (Wildman–Crippen MR) is 101 cm³/mol. The molecule has 0 bridgehead atoms. The summed E-state index contributed by atoms with van der Waals surface area (Å²) in [7, 11) is 3.78. The Balaban J connectivity index is 1.92. The molecule has 24 heavy (non-hydrogen) atoms. The third-order valence-electron chi connectivity index (χ3n) is 4.26. The van der Waals surface area contributed by atoms with E-state index < -0.39 is 0 Å². The molecule has 0 fully saturated rings. The van der Waals surface area contributed by atoms with Gasteiger partial charge in [0.15, 0.2) is 5.96 Å². The van der Waals surface area contributed by atoms with Gasteiger partial charge in [-0.05, 0) is 46.6 Å². The van der Waals surface area contributed by atoms with Crippen LogP contribution >= 0.6 is 11.3 Å². The van der Waals surface area contributed by atoms with Crippen molar-refractivity contribution in [2.45, 2.75) is 53.6 Å². The summed E-state index contributed by atoms with van der Waals surface area (Å²) in [5, 5.41) is 12.4. The van der Waals surface area contributed by atoms with Crippen LogP contribution in [0, 0.1) is 27.7 Å². The Morgan fingerprint density at radius 2 is 1.96 bits per heavy atom. The number of guanidine groups is 1. The molecule has 2 N–H and O–H groups in total. The number of hydrogen-bond acceptors (Lipinski definition) is 4. The molecule has 0 spiro atoms. The van der Waals surface area contributed by atoms with E-state index in [-0.39, 0.29) is 6.04 Å². The predicted octanol–water partition coefficient (Wildman–Crippen LogP) is 2.41. The van der Waals surface area contributed by atoms with E-state index in [1.54, 1.807) is 18.4 Å². The summed E-state index contributed by atoms with van der Waals surface area (Å²) in [6.07, 6.45) is 0.918. The molecule has 1 atom stereocenters. The number of aryl methyl sites for hydroxylation is 4. The lowest BCUT2D eigenvalue weighted by atomic mass is 10.1. The lowest BCUT2D eigenvalue weighted by Gasteiger charge is -2.18. The number of hydrogen-bond donors (Lipinski definition) is 2. The number of nitrogens with zero attached hydrogens (tertiary/aromatic N) is 4. The molecule has 0 aliphatic carbocycles. The molecule has 0 saturated heterocycles. The first kappa shape index (κ1) is 18.4. The van der Waals surface area contributed by atoms with Gasteiger partial charge in [-0.1, -0.05) is 0 Å². The van der Waals surface area contributed by atoms with Gasteiger partial charge in [0.2, 0.25) is 0 Å². The first-order valence-corrected chi connectivity index (χ1v) is 9.02. The van der Waals surface area contributed by atoms with E-state index in [1.807, 2.05) is 18.7 Å². The van der Waals surface area contributed by atoms with Crippen LogP contribution in [0.4, 0.5) is 0 Å². The van der Waals surface area contributed by atoms with Crippen molar-refractivity contribution in [3.63, 3.8) is 0 Å². The van der Waals surface area contributed by atoms with Crippen molar-refractivity contribution in [1.29, 1.82) is 0 Å². The second-order valence-corrected chi connectivity index (χ2v) is 7.49. The number of rotatable bonds is 5. The molecule has 2 rings (SSSR count). The van der Waals surface area contributed by atoms with Crippen molar-refractivity contribution in [1.82, 2.24) is 25.4 Å². The molecule has 0 radical (unpaired) electrons. The zero-order chi connectivity index (χ0) is 17.9. The van der Waals surface area contributed by atoms with Crippen LogP contribution in [-0.2, 0) is 20.0 Å². The van der Waals surface area contributed by atoms with E-state index in [1.165, 1.54) is 16.1 Å². The molecule has 132 valence electrons. The summed E-state index contributed by atoms with van der Waals surface area (Å²) in [5.41, 5.74) is 4.73. The molecule has 0 saturated carbocycles. The second-order valence-electron chi connectivity index (χ2n) is 6.20. The minimum absolute atomic E-state index is 0.262. The number of thiazole rings is 1. The summed E-state index contributed by atoms with van der Waals surface area (Å²) in [6.45, 7) is 11.2. The van der Waals surface area contributed by atoms with Crippen molar-refractivity contribution in [2.75, 3.05) is 7.05 Å². The van der Waals surface area contributed by atoms with Gasteiger partial charge in [-0.25, -0.2) is 4.98 Å². The average molecular weight is 349 g/mol. The molecule has 2 heterocycles. The zero-order valence-electron chi connectivity index (χ0n) is 15.7. The van der Waals surface area contributed by atoms with Crippen molar-refractivity contribution in [2.24, 2.45) is 12.0 Å². The lowest BCUT2D eigenvalue weighted by molar-refractivity contribution is 0.635. The van der Waals surface area contributed by atoms with Gasteiger partial charge in [0.05, 0.1) is 17.9 Å². The van der Waals surface area contributed by atoms with Crippen molar-refractivity contribution in [3.8, 4) is 0 Å². The fourth-order valence-corrected chi connectivity index (χ4v) is 3.55. The molecule has 1 unspecified atom stereocenters. The molecule has 7 heteroatoms. The SMILES string of the molecule is CN=C(NCc1nc(C)c(C)s1)NC(C)Cc1c(C)nn(C)c1C. The largest absolute Gasteiger partial charge is 0.354 e. The van der Waals surface area contributed by atoms with Gasteiger partial charge >= 0.3 is 0 Å². The first-order valence-electron chi connectivity index (χ1n) is 8.21. The van der Waals surface area contributed by atoms with Crippen LogP contribution in [-0.4, -0.2) is 33.8 Å². The Morgan fingerprint density at radius 1 is 1.25 bits per heavy atom. The molecule has 0 aliphatic heterocycles. The van der Waals surface area contributed by atoms with Crippen molar-refractivity contribution < 1.29 is 0 Å². The van der Waals surface area contributed by atoms with Gasteiger partial charge in [-0.2, -0.15) is 5.10 Å². The van der Waals surface area contributed by atoms with Gasteiger partial charge < -0.3 is 10.6 Å². The van der Waals surface area contributed by atoms with Crippen LogP contribution < -0.4 is 10.6 Å². The Bertz CT molecular complexity index is 708. The molecule has 6 nitrogen and oxygen atoms in total. The number of aliphatic imine (C=N–C) groups is 1. The monoisotopic (exact) mass is 348 g/mol. The molecule has 2 aromatic rings. The van der Waals surface area contributed by atoms with E-state index in [2.05, 4.69) is 53.4 Å². The second kappa shape index (κ2) is 7.79. The minimum Gasteiger partial charge on any atom is -0.354 e. The van der Waals surface area contributed by atoms with E-state index in [4.69, 9.17) is 0 Å². The standard InChI is InChI=1S/C17H28N6S/c1-10(8-15-12(3)22-23(7)13(15)4)20-17(18-6)19-9-16-21-11(2)14(5)24-16/h10H,8-9H2,1-7H3,(H2,18,19,20). The van der Waals surface area contributed by atoms with Gasteiger partial charge in [0.25, 0.3) is 0 Å². The quantitative estimate of drug-likeness (QED) is 0.643. The summed E-state index contributed by atoms with van der Waals surface area (Å²) < 4.78 is 1.94. The maximum absolute atomic E-state index is 4.55. The Morgan fingerprint density at radius 3 is 2.46 bits per heavy atom. The van der Waals surface area contributed by atoms with Crippen LogP contribution in [0.15, 0.2) is 4.99 Å². The van der Waals surface area contributed by atoms with Crippen LogP contribution in [0.2, 0.25) is 0 Å². The zero-order valence-corrected chi connectivity index (χ0v) is 16.5. The maximum Gasteiger partial charge on any atom is 0.191 e. The third kappa shape index (κ3) is 4.35. The lowest BCUT2D eigenvalue weighted by Crippen LogP contribution is -2.42. The van der Waals surface area contributed by atoms with E-state index >= 15 is 0 Å². The molecule has 0 amide bonds. The van der Waals surface area contributed by atoms with Crippen LogP contribution in [0.1, 0.15) is 39.5 Å². The van der Waals surface area contributed by atoms with E-state index in [9.17, 15) is 0 Å². The number of aromatic nitrogens is 3. The normalized spacial score (nSPS) is 13.2. The topological polar surface area (TPSA) is 67.1 Å². The molecule has 0 aliphatic rings. The highest BCUT2D eigenvalue weighted by atomic mass is 32.1. The van der Waals surface area contributed by atoms with Gasteiger partial charge in [0.1, 0.15) is 5.01 Å². The van der Waals surface area contributed by atoms with Crippen molar-refractivity contribution >= 4 is 17.3 Å². The summed E-state index contributed by atoms with van der Waals surface area (Å²) in [4.78, 5) is 10.1. The van der Waals surface area contributed by atoms with Gasteiger partial charge in [0, 0.05) is 30.7 Å². The van der Waals surface area contributed by atoms with Gasteiger partial charge in [-0.15, -0.1) is 11.3 Å². The van der Waals surface area contributed by atoms with Crippen LogP contribution in [0.25, 0.3) is 0 Å². The molecular formula is C17H28N6S. The molecule has 2 aromatic heterocycles. The minimum atomic E-state index is 0.262. The van der Waals surface area contributed by atoms with Crippen molar-refractivity contribution in [3.05, 3.63) is 32.5 Å². The first-order chi connectivity index (χ1) is 11.3. The fraction of sp³-hybridized carbons (Fsp3) is 0.588. The summed E-state index contributed by atoms with van der Waals surface area (Å²) in [5.74, 6) is 0.798. The highest BCUT2D eigenvalue weighted by molar-refractivity contribution is 7.11. The maximum atomic E-state index is 4.55. The van der Waals surface area contributed by atoms with Crippen LogP contribution in [0.3, 0.4) is 0 Å². The molecule has 0 aromatic carbocycles. The van der Waals surface area contributed by atoms with E-state index in [0.29, 0.717) is 6.54 Å². The smallest absolute Gasteiger partial charge is 0.191 e. The average Bonchev–Trinajstić information content (AvgIpc) is 2.97. The van der Waals surface area contributed by atoms with Crippen LogP contribution in [0.5, 0.6) is 0 Å². The third-order valence-corrected chi connectivity index (χ3v) is 5.33.